The zero-order valence-electron chi connectivity index (χ0n) is 10.3. The molecule has 0 saturated heterocycles. The monoisotopic (exact) mass is 276 g/mol. The molecule has 0 aromatic heterocycles. The number of hydrogen-bond acceptors (Lipinski definition) is 2. The Kier molecular flexibility index (Phi) is 4.02. The molecule has 98 valence electrons. The van der Waals surface area contributed by atoms with Gasteiger partial charge in [-0.3, -0.25) is 10.1 Å². The van der Waals surface area contributed by atoms with Gasteiger partial charge < -0.3 is 5.32 Å². The average Bonchev–Trinajstić information content (AvgIpc) is 2.38. The summed E-state index contributed by atoms with van der Waals surface area (Å²) in [7, 11) is 0. The van der Waals surface area contributed by atoms with Crippen LogP contribution in [0, 0.1) is 0 Å². The highest BCUT2D eigenvalue weighted by Crippen LogP contribution is 2.18. The van der Waals surface area contributed by atoms with E-state index in [0.29, 0.717) is 5.69 Å². The molecule has 4 nitrogen and oxygen atoms in total. The Balaban J connectivity index is 2.09. The largest absolute Gasteiger partial charge is 0.325 e. The molecule has 0 bridgehead atoms. The van der Waals surface area contributed by atoms with Gasteiger partial charge in [0.1, 0.15) is 5.38 Å². The molecule has 2 N–H and O–H groups in total. The first-order valence-electron chi connectivity index (χ1n) is 5.81. The summed E-state index contributed by atoms with van der Waals surface area (Å²) in [5.41, 5.74) is 0.617. The second kappa shape index (κ2) is 5.71. The van der Waals surface area contributed by atoms with Crippen LogP contribution in [0.4, 0.5) is 10.5 Å². The Morgan fingerprint density at radius 3 is 2.47 bits per heavy atom. The van der Waals surface area contributed by atoms with Crippen LogP contribution in [0.25, 0.3) is 10.8 Å². The molecular formula is C14H13ClN2O2. The molecular weight excluding hydrogens is 264 g/mol. The van der Waals surface area contributed by atoms with Gasteiger partial charge >= 0.3 is 6.03 Å². The number of benzene rings is 2. The summed E-state index contributed by atoms with van der Waals surface area (Å²) < 4.78 is 0. The quantitative estimate of drug-likeness (QED) is 0.828. The van der Waals surface area contributed by atoms with Crippen molar-refractivity contribution in [1.82, 2.24) is 5.32 Å². The first kappa shape index (κ1) is 13.4. The first-order chi connectivity index (χ1) is 9.06. The zero-order chi connectivity index (χ0) is 13.8. The maximum absolute atomic E-state index is 11.6. The van der Waals surface area contributed by atoms with E-state index >= 15 is 0 Å². The molecule has 0 aliphatic carbocycles. The van der Waals surface area contributed by atoms with Crippen LogP contribution in [0.2, 0.25) is 0 Å². The number of fused-ring (bicyclic) bond motifs is 1. The minimum absolute atomic E-state index is 0.528. The third kappa shape index (κ3) is 3.45. The molecule has 0 fully saturated rings. The predicted octanol–water partition coefficient (Wildman–Crippen LogP) is 3.12. The number of anilines is 1. The summed E-state index contributed by atoms with van der Waals surface area (Å²) in [5, 5.41) is 6.09. The molecule has 19 heavy (non-hydrogen) atoms. The average molecular weight is 277 g/mol. The number of rotatable bonds is 2. The maximum Gasteiger partial charge on any atom is 0.325 e. The van der Waals surface area contributed by atoms with Crippen molar-refractivity contribution in [3.63, 3.8) is 0 Å². The molecule has 0 radical (unpaired) electrons. The second-order valence-electron chi connectivity index (χ2n) is 4.12. The Morgan fingerprint density at radius 1 is 1.11 bits per heavy atom. The SMILES string of the molecule is CC(Cl)C(=O)NC(=O)Nc1ccc2ccccc2c1. The fraction of sp³-hybridized carbons (Fsp3) is 0.143. The van der Waals surface area contributed by atoms with Crippen LogP contribution in [0.3, 0.4) is 0 Å². The lowest BCUT2D eigenvalue weighted by Crippen LogP contribution is -2.38. The zero-order valence-corrected chi connectivity index (χ0v) is 11.1. The van der Waals surface area contributed by atoms with Gasteiger partial charge in [0.2, 0.25) is 5.91 Å². The molecule has 2 aromatic carbocycles. The van der Waals surface area contributed by atoms with Gasteiger partial charge in [0, 0.05) is 5.69 Å². The third-order valence-corrected chi connectivity index (χ3v) is 2.80. The highest BCUT2D eigenvalue weighted by Gasteiger charge is 2.12. The van der Waals surface area contributed by atoms with Crippen LogP contribution in [-0.4, -0.2) is 17.3 Å². The minimum Gasteiger partial charge on any atom is -0.308 e. The van der Waals surface area contributed by atoms with E-state index in [1.807, 2.05) is 36.4 Å². The third-order valence-electron chi connectivity index (χ3n) is 2.61. The number of hydrogen-bond donors (Lipinski definition) is 2. The van der Waals surface area contributed by atoms with E-state index in [0.717, 1.165) is 10.8 Å². The fourth-order valence-electron chi connectivity index (χ4n) is 1.64. The molecule has 2 aromatic rings. The van der Waals surface area contributed by atoms with Crippen molar-refractivity contribution in [3.05, 3.63) is 42.5 Å². The van der Waals surface area contributed by atoms with Crippen molar-refractivity contribution in [2.75, 3.05) is 5.32 Å². The lowest BCUT2D eigenvalue weighted by molar-refractivity contribution is -0.119. The first-order valence-corrected chi connectivity index (χ1v) is 6.24. The number of carbonyl (C=O) groups is 2. The summed E-state index contributed by atoms with van der Waals surface area (Å²) in [6.07, 6.45) is 0. The fourth-order valence-corrected chi connectivity index (χ4v) is 1.70. The lowest BCUT2D eigenvalue weighted by Gasteiger charge is -2.08. The summed E-state index contributed by atoms with van der Waals surface area (Å²) in [4.78, 5) is 22.8. The smallest absolute Gasteiger partial charge is 0.308 e. The van der Waals surface area contributed by atoms with Gasteiger partial charge in [0.05, 0.1) is 0 Å². The van der Waals surface area contributed by atoms with Crippen LogP contribution in [0.1, 0.15) is 6.92 Å². The molecule has 0 aliphatic heterocycles. The number of alkyl halides is 1. The highest BCUT2D eigenvalue weighted by atomic mass is 35.5. The van der Waals surface area contributed by atoms with Crippen LogP contribution in [0.5, 0.6) is 0 Å². The molecule has 3 amide bonds. The molecule has 5 heteroatoms. The Bertz CT molecular complexity index is 626. The number of imide groups is 1. The lowest BCUT2D eigenvalue weighted by atomic mass is 10.1. The van der Waals surface area contributed by atoms with Crippen molar-refractivity contribution < 1.29 is 9.59 Å². The van der Waals surface area contributed by atoms with Crippen molar-refractivity contribution in [1.29, 1.82) is 0 Å². The van der Waals surface area contributed by atoms with Crippen LogP contribution in [-0.2, 0) is 4.79 Å². The molecule has 0 saturated carbocycles. The van der Waals surface area contributed by atoms with E-state index in [1.54, 1.807) is 6.07 Å². The van der Waals surface area contributed by atoms with E-state index in [4.69, 9.17) is 11.6 Å². The Morgan fingerprint density at radius 2 is 1.79 bits per heavy atom. The van der Waals surface area contributed by atoms with Crippen molar-refractivity contribution in [2.24, 2.45) is 0 Å². The molecule has 1 atom stereocenters. The molecule has 0 heterocycles. The van der Waals surface area contributed by atoms with E-state index in [9.17, 15) is 9.59 Å². The predicted molar refractivity (Wildman–Crippen MR) is 76.4 cm³/mol. The van der Waals surface area contributed by atoms with Crippen molar-refractivity contribution in [3.8, 4) is 0 Å². The number of carbonyl (C=O) groups excluding carboxylic acids is 2. The van der Waals surface area contributed by atoms with Gasteiger partial charge in [-0.15, -0.1) is 11.6 Å². The van der Waals surface area contributed by atoms with Gasteiger partial charge in [-0.05, 0) is 29.8 Å². The number of halogens is 1. The topological polar surface area (TPSA) is 58.2 Å². The summed E-state index contributed by atoms with van der Waals surface area (Å²) >= 11 is 5.56. The van der Waals surface area contributed by atoms with E-state index < -0.39 is 17.3 Å². The Labute approximate surface area is 115 Å². The van der Waals surface area contributed by atoms with Gasteiger partial charge in [-0.1, -0.05) is 30.3 Å². The molecule has 1 unspecified atom stereocenters. The molecule has 0 spiro atoms. The highest BCUT2D eigenvalue weighted by molar-refractivity contribution is 6.31. The molecule has 2 rings (SSSR count). The summed E-state index contributed by atoms with van der Waals surface area (Å²) in [6, 6.07) is 12.7. The second-order valence-corrected chi connectivity index (χ2v) is 4.78. The van der Waals surface area contributed by atoms with E-state index in [1.165, 1.54) is 6.92 Å². The van der Waals surface area contributed by atoms with Crippen molar-refractivity contribution >= 4 is 40.0 Å². The minimum atomic E-state index is -0.748. The molecule has 0 aliphatic rings. The number of amides is 3. The normalized spacial score (nSPS) is 11.9. The number of urea groups is 1. The number of nitrogens with one attached hydrogen (secondary N) is 2. The summed E-state index contributed by atoms with van der Waals surface area (Å²) in [5.74, 6) is -0.528. The van der Waals surface area contributed by atoms with E-state index in [2.05, 4.69) is 10.6 Å². The van der Waals surface area contributed by atoms with E-state index in [-0.39, 0.29) is 0 Å². The van der Waals surface area contributed by atoms with Crippen molar-refractivity contribution in [2.45, 2.75) is 12.3 Å². The standard InChI is InChI=1S/C14H13ClN2O2/c1-9(15)13(18)17-14(19)16-12-7-6-10-4-2-3-5-11(10)8-12/h2-9H,1H3,(H2,16,17,18,19). The van der Waals surface area contributed by atoms with Crippen LogP contribution in [0.15, 0.2) is 42.5 Å². The Hall–Kier alpha value is -2.07. The van der Waals surface area contributed by atoms with Crippen LogP contribution < -0.4 is 10.6 Å². The summed E-state index contributed by atoms with van der Waals surface area (Å²) in [6.45, 7) is 1.50. The van der Waals surface area contributed by atoms with Gasteiger partial charge in [-0.2, -0.15) is 0 Å². The maximum atomic E-state index is 11.6. The van der Waals surface area contributed by atoms with Gasteiger partial charge in [0.15, 0.2) is 0 Å². The van der Waals surface area contributed by atoms with Gasteiger partial charge in [0.25, 0.3) is 0 Å². The van der Waals surface area contributed by atoms with Gasteiger partial charge in [-0.25, -0.2) is 4.79 Å². The van der Waals surface area contributed by atoms with Crippen LogP contribution >= 0.6 is 11.6 Å².